The van der Waals surface area contributed by atoms with E-state index >= 15 is 0 Å². The first-order valence-electron chi connectivity index (χ1n) is 9.68. The van der Waals surface area contributed by atoms with Crippen LogP contribution in [0.3, 0.4) is 0 Å². The van der Waals surface area contributed by atoms with Crippen LogP contribution in [0.5, 0.6) is 0 Å². The summed E-state index contributed by atoms with van der Waals surface area (Å²) >= 11 is 0. The molecule has 27 heavy (non-hydrogen) atoms. The van der Waals surface area contributed by atoms with Crippen molar-refractivity contribution in [1.82, 2.24) is 14.8 Å². The summed E-state index contributed by atoms with van der Waals surface area (Å²) in [6.45, 7) is 6.39. The van der Waals surface area contributed by atoms with Gasteiger partial charge in [0.2, 0.25) is 0 Å². The van der Waals surface area contributed by atoms with Crippen LogP contribution in [0.2, 0.25) is 0 Å². The lowest BCUT2D eigenvalue weighted by atomic mass is 9.99. The second-order valence-corrected chi connectivity index (χ2v) is 7.21. The van der Waals surface area contributed by atoms with Gasteiger partial charge in [0.05, 0.1) is 6.04 Å². The molecule has 1 aromatic heterocycles. The topological polar surface area (TPSA) is 30.7 Å². The molecule has 3 aromatic carbocycles. The maximum Gasteiger partial charge on any atom is 0.158 e. The van der Waals surface area contributed by atoms with Gasteiger partial charge in [-0.1, -0.05) is 67.9 Å². The number of benzene rings is 3. The van der Waals surface area contributed by atoms with Gasteiger partial charge in [-0.15, -0.1) is 0 Å². The minimum Gasteiger partial charge on any atom is -0.243 e. The van der Waals surface area contributed by atoms with Crippen molar-refractivity contribution in [2.45, 2.75) is 39.7 Å². The lowest BCUT2D eigenvalue weighted by molar-refractivity contribution is 0.457. The fraction of sp³-hybridized carbons (Fsp3) is 0.250. The Labute approximate surface area is 160 Å². The van der Waals surface area contributed by atoms with Crippen molar-refractivity contribution >= 4 is 10.8 Å². The number of hydrogen-bond acceptors (Lipinski definition) is 2. The van der Waals surface area contributed by atoms with Gasteiger partial charge in [-0.25, -0.2) is 9.67 Å². The summed E-state index contributed by atoms with van der Waals surface area (Å²) in [5, 5.41) is 7.18. The molecule has 3 heteroatoms. The third-order valence-electron chi connectivity index (χ3n) is 5.06. The summed E-state index contributed by atoms with van der Waals surface area (Å²) in [4.78, 5) is 4.72. The van der Waals surface area contributed by atoms with E-state index in [-0.39, 0.29) is 0 Å². The van der Waals surface area contributed by atoms with Crippen molar-refractivity contribution in [2.24, 2.45) is 0 Å². The summed E-state index contributed by atoms with van der Waals surface area (Å²) in [7, 11) is 0. The molecule has 1 atom stereocenters. The molecule has 0 radical (unpaired) electrons. The molecule has 3 nitrogen and oxygen atoms in total. The number of nitrogens with zero attached hydrogens (tertiary/aromatic N) is 3. The molecule has 0 aliphatic carbocycles. The van der Waals surface area contributed by atoms with E-state index in [1.165, 1.54) is 21.9 Å². The van der Waals surface area contributed by atoms with Crippen molar-refractivity contribution in [1.29, 1.82) is 0 Å². The molecule has 4 rings (SSSR count). The van der Waals surface area contributed by atoms with Crippen molar-refractivity contribution in [3.8, 4) is 22.5 Å². The Kier molecular flexibility index (Phi) is 4.76. The minimum absolute atomic E-state index is 0.343. The highest BCUT2D eigenvalue weighted by molar-refractivity contribution is 5.87. The van der Waals surface area contributed by atoms with Gasteiger partial charge in [0, 0.05) is 5.56 Å². The zero-order chi connectivity index (χ0) is 18.8. The van der Waals surface area contributed by atoms with Crippen LogP contribution in [0.1, 0.15) is 38.6 Å². The van der Waals surface area contributed by atoms with E-state index < -0.39 is 0 Å². The van der Waals surface area contributed by atoms with Crippen LogP contribution >= 0.6 is 0 Å². The molecule has 0 bridgehead atoms. The van der Waals surface area contributed by atoms with Gasteiger partial charge < -0.3 is 0 Å². The second kappa shape index (κ2) is 7.36. The van der Waals surface area contributed by atoms with Crippen LogP contribution in [0.25, 0.3) is 33.3 Å². The van der Waals surface area contributed by atoms with E-state index in [0.29, 0.717) is 6.04 Å². The number of aryl methyl sites for hydroxylation is 1. The van der Waals surface area contributed by atoms with E-state index in [0.717, 1.165) is 30.1 Å². The molecule has 4 aromatic rings. The normalized spacial score (nSPS) is 12.4. The van der Waals surface area contributed by atoms with E-state index in [4.69, 9.17) is 4.98 Å². The highest BCUT2D eigenvalue weighted by Crippen LogP contribution is 2.29. The van der Waals surface area contributed by atoms with Crippen LogP contribution in [0.15, 0.2) is 66.7 Å². The standard InChI is InChI=1S/C24H25N3/c1-4-8-17(2)27-24(25-18(3)26-27)23-12-7-11-21(16-23)22-14-13-19-9-5-6-10-20(19)15-22/h5-7,9-17H,4,8H2,1-3H3. The van der Waals surface area contributed by atoms with Crippen LogP contribution in [-0.4, -0.2) is 14.8 Å². The largest absolute Gasteiger partial charge is 0.243 e. The van der Waals surface area contributed by atoms with Gasteiger partial charge in [-0.05, 0) is 54.3 Å². The first-order valence-corrected chi connectivity index (χ1v) is 9.68. The summed E-state index contributed by atoms with van der Waals surface area (Å²) in [5.41, 5.74) is 3.54. The molecule has 0 saturated carbocycles. The first-order chi connectivity index (χ1) is 13.2. The predicted octanol–water partition coefficient (Wildman–Crippen LogP) is 6.43. The molecule has 0 amide bonds. The quantitative estimate of drug-likeness (QED) is 0.413. The Balaban J connectivity index is 1.77. The molecule has 136 valence electrons. The Morgan fingerprint density at radius 2 is 1.59 bits per heavy atom. The maximum absolute atomic E-state index is 4.72. The van der Waals surface area contributed by atoms with Crippen molar-refractivity contribution < 1.29 is 0 Å². The highest BCUT2D eigenvalue weighted by atomic mass is 15.4. The van der Waals surface area contributed by atoms with Crippen molar-refractivity contribution in [3.63, 3.8) is 0 Å². The molecule has 0 fully saturated rings. The van der Waals surface area contributed by atoms with E-state index in [9.17, 15) is 0 Å². The average molecular weight is 355 g/mol. The molecule has 1 heterocycles. The molecular weight excluding hydrogens is 330 g/mol. The van der Waals surface area contributed by atoms with E-state index in [1.54, 1.807) is 0 Å². The average Bonchev–Trinajstić information content (AvgIpc) is 3.10. The van der Waals surface area contributed by atoms with Crippen LogP contribution in [0, 0.1) is 6.92 Å². The van der Waals surface area contributed by atoms with E-state index in [1.807, 2.05) is 6.92 Å². The summed E-state index contributed by atoms with van der Waals surface area (Å²) in [6.07, 6.45) is 2.23. The highest BCUT2D eigenvalue weighted by Gasteiger charge is 2.15. The van der Waals surface area contributed by atoms with E-state index in [2.05, 4.69) is 90.4 Å². The zero-order valence-electron chi connectivity index (χ0n) is 16.2. The summed E-state index contributed by atoms with van der Waals surface area (Å²) in [6, 6.07) is 24.1. The first kappa shape index (κ1) is 17.5. The van der Waals surface area contributed by atoms with Gasteiger partial charge >= 0.3 is 0 Å². The smallest absolute Gasteiger partial charge is 0.158 e. The van der Waals surface area contributed by atoms with Gasteiger partial charge in [0.1, 0.15) is 5.82 Å². The molecule has 0 aliphatic rings. The van der Waals surface area contributed by atoms with Gasteiger partial charge in [-0.2, -0.15) is 5.10 Å². The maximum atomic E-state index is 4.72. The molecular formula is C24H25N3. The molecule has 0 aliphatic heterocycles. The number of rotatable bonds is 5. The third-order valence-corrected chi connectivity index (χ3v) is 5.06. The van der Waals surface area contributed by atoms with Crippen molar-refractivity contribution in [3.05, 3.63) is 72.6 Å². The minimum atomic E-state index is 0.343. The second-order valence-electron chi connectivity index (χ2n) is 7.21. The fourth-order valence-corrected chi connectivity index (χ4v) is 3.68. The molecule has 1 unspecified atom stereocenters. The monoisotopic (exact) mass is 355 g/mol. The Bertz CT molecular complexity index is 1080. The Morgan fingerprint density at radius 3 is 2.41 bits per heavy atom. The summed E-state index contributed by atoms with van der Waals surface area (Å²) < 4.78 is 2.08. The van der Waals surface area contributed by atoms with Crippen LogP contribution in [0.4, 0.5) is 0 Å². The van der Waals surface area contributed by atoms with Gasteiger partial charge in [-0.3, -0.25) is 0 Å². The molecule has 0 saturated heterocycles. The number of fused-ring (bicyclic) bond motifs is 1. The predicted molar refractivity (Wildman–Crippen MR) is 113 cm³/mol. The van der Waals surface area contributed by atoms with Crippen LogP contribution in [-0.2, 0) is 0 Å². The number of aromatic nitrogens is 3. The van der Waals surface area contributed by atoms with Crippen molar-refractivity contribution in [2.75, 3.05) is 0 Å². The van der Waals surface area contributed by atoms with Gasteiger partial charge in [0.15, 0.2) is 5.82 Å². The summed E-state index contributed by atoms with van der Waals surface area (Å²) in [5.74, 6) is 1.78. The zero-order valence-corrected chi connectivity index (χ0v) is 16.2. The fourth-order valence-electron chi connectivity index (χ4n) is 3.68. The Morgan fingerprint density at radius 1 is 0.852 bits per heavy atom. The van der Waals surface area contributed by atoms with Crippen LogP contribution < -0.4 is 0 Å². The van der Waals surface area contributed by atoms with Gasteiger partial charge in [0.25, 0.3) is 0 Å². The molecule has 0 spiro atoms. The lowest BCUT2D eigenvalue weighted by Gasteiger charge is -2.14. The number of hydrogen-bond donors (Lipinski definition) is 0. The third kappa shape index (κ3) is 3.50. The Hall–Kier alpha value is -2.94. The molecule has 0 N–H and O–H groups in total. The SMILES string of the molecule is CCCC(C)n1nc(C)nc1-c1cccc(-c2ccc3ccccc3c2)c1. The lowest BCUT2D eigenvalue weighted by Crippen LogP contribution is -2.08.